The Hall–Kier alpha value is -7.29. The molecule has 4 heterocycles. The third-order valence-electron chi connectivity index (χ3n) is 12.9. The van der Waals surface area contributed by atoms with Gasteiger partial charge in [0, 0.05) is 48.6 Å². The number of ether oxygens (including phenoxy) is 6. The highest BCUT2D eigenvalue weighted by atomic mass is 16.6. The number of amides is 1. The van der Waals surface area contributed by atoms with Crippen LogP contribution < -0.4 is 19.5 Å². The Bertz CT molecular complexity index is 2640. The highest BCUT2D eigenvalue weighted by Gasteiger charge is 2.51. The number of fused-ring (bicyclic) bond motifs is 6. The molecular weight excluding hydrogens is 951 g/mol. The lowest BCUT2D eigenvalue weighted by atomic mass is 9.91. The molecule has 0 radical (unpaired) electrons. The summed E-state index contributed by atoms with van der Waals surface area (Å²) in [6, 6.07) is 42.8. The van der Waals surface area contributed by atoms with E-state index in [1.807, 2.05) is 120 Å². The molecule has 2 fully saturated rings. The van der Waals surface area contributed by atoms with Gasteiger partial charge in [-0.2, -0.15) is 0 Å². The topological polar surface area (TPSA) is 159 Å². The Morgan fingerprint density at radius 1 is 0.707 bits per heavy atom. The number of rotatable bonds is 15. The van der Waals surface area contributed by atoms with E-state index in [-0.39, 0.29) is 41.8 Å². The molecule has 5 aromatic carbocycles. The third kappa shape index (κ3) is 16.1. The molecular formula is C61H73N3O11. The lowest BCUT2D eigenvalue weighted by Gasteiger charge is -2.35. The van der Waals surface area contributed by atoms with Gasteiger partial charge in [-0.05, 0) is 89.8 Å². The lowest BCUT2D eigenvalue weighted by Crippen LogP contribution is -2.44. The first-order chi connectivity index (χ1) is 36.3. The zero-order valence-electron chi connectivity index (χ0n) is 44.2. The zero-order valence-corrected chi connectivity index (χ0v) is 44.2. The minimum absolute atomic E-state index is 0.0114. The van der Waals surface area contributed by atoms with E-state index in [0.717, 1.165) is 42.9 Å². The average Bonchev–Trinajstić information content (AvgIpc) is 4.02. The van der Waals surface area contributed by atoms with Crippen LogP contribution in [0.4, 0.5) is 4.79 Å². The molecule has 5 aromatic rings. The predicted octanol–water partition coefficient (Wildman–Crippen LogP) is 10.7. The van der Waals surface area contributed by atoms with Gasteiger partial charge in [-0.3, -0.25) is 29.0 Å². The first-order valence-electron chi connectivity index (χ1n) is 25.9. The number of esters is 2. The standard InChI is InChI=1S/C21H23NO3.C18H23NO4.C12H17NO2.C10H10O2/c1-2-24-21(23)18-12-16-14-25-19-11-7-6-10-17(19)20(16)22(18)13-15-8-4-3-5-9-15;1-11(20)14-9-12-10-22-15-8-6-5-7-13(15)16(12)19(14)17(21)23-18(2,3)4;1-2-15-12(14)8-9-13-10-11-6-4-3-5-7-11;1-2-7-12-10-6-4-3-5-9(10)8-11/h3-11,16,18,20H,2,12-14H2,1H3;5-8,12,14,16H,9-10H2,1-4H3;3-7,13H,2,8-10H2,1H3;2-6,8H,1,7H2. The van der Waals surface area contributed by atoms with E-state index in [4.69, 9.17) is 28.4 Å². The van der Waals surface area contributed by atoms with Gasteiger partial charge in [0.15, 0.2) is 12.1 Å². The number of nitrogens with zero attached hydrogens (tertiary/aromatic N) is 2. The average molecular weight is 1020 g/mol. The summed E-state index contributed by atoms with van der Waals surface area (Å²) in [4.78, 5) is 62.8. The highest BCUT2D eigenvalue weighted by Crippen LogP contribution is 2.49. The quantitative estimate of drug-likeness (QED) is 0.0347. The van der Waals surface area contributed by atoms with Crippen LogP contribution in [0.25, 0.3) is 0 Å². The Morgan fingerprint density at radius 2 is 1.25 bits per heavy atom. The number of Topliss-reactive ketones (excluding diaryl/α,β-unsaturated/α-hetero) is 1. The van der Waals surface area contributed by atoms with E-state index in [2.05, 4.69) is 47.1 Å². The van der Waals surface area contributed by atoms with Crippen molar-refractivity contribution in [2.45, 2.75) is 104 Å². The second-order valence-electron chi connectivity index (χ2n) is 19.5. The van der Waals surface area contributed by atoms with Crippen LogP contribution in [0.1, 0.15) is 106 Å². The number of carbonyl (C=O) groups excluding carboxylic acids is 5. The summed E-state index contributed by atoms with van der Waals surface area (Å²) in [7, 11) is 0. The van der Waals surface area contributed by atoms with Crippen LogP contribution in [-0.4, -0.2) is 97.2 Å². The van der Waals surface area contributed by atoms with Crippen LogP contribution in [0, 0.1) is 11.8 Å². The molecule has 0 bridgehead atoms. The smallest absolute Gasteiger partial charge is 0.411 e. The molecule has 6 atom stereocenters. The molecule has 0 aromatic heterocycles. The van der Waals surface area contributed by atoms with Crippen molar-refractivity contribution in [2.24, 2.45) is 11.8 Å². The molecule has 14 nitrogen and oxygen atoms in total. The van der Waals surface area contributed by atoms with E-state index in [1.165, 1.54) is 23.6 Å². The molecule has 4 aliphatic heterocycles. The van der Waals surface area contributed by atoms with Crippen molar-refractivity contribution in [3.05, 3.63) is 174 Å². The number of para-hydroxylation sites is 3. The molecule has 9 rings (SSSR count). The largest absolute Gasteiger partial charge is 0.493 e. The van der Waals surface area contributed by atoms with Crippen LogP contribution in [0.15, 0.2) is 146 Å². The molecule has 1 N–H and O–H groups in total. The van der Waals surface area contributed by atoms with Gasteiger partial charge in [-0.15, -0.1) is 0 Å². The molecule has 14 heteroatoms. The number of ketones is 1. The number of nitrogens with one attached hydrogen (secondary N) is 1. The minimum atomic E-state index is -0.596. The van der Waals surface area contributed by atoms with Gasteiger partial charge in [0.05, 0.1) is 50.5 Å². The Kier molecular flexibility index (Phi) is 21.6. The van der Waals surface area contributed by atoms with Crippen molar-refractivity contribution in [1.82, 2.24) is 15.1 Å². The van der Waals surface area contributed by atoms with E-state index in [0.29, 0.717) is 69.7 Å². The first-order valence-corrected chi connectivity index (χ1v) is 25.9. The van der Waals surface area contributed by atoms with Crippen LogP contribution in [0.3, 0.4) is 0 Å². The summed E-state index contributed by atoms with van der Waals surface area (Å²) in [6.45, 7) is 18.9. The van der Waals surface area contributed by atoms with Gasteiger partial charge in [0.1, 0.15) is 35.5 Å². The summed E-state index contributed by atoms with van der Waals surface area (Å²) in [5.41, 5.74) is 4.54. The second-order valence-corrected chi connectivity index (χ2v) is 19.5. The number of hydrogen-bond donors (Lipinski definition) is 1. The third-order valence-corrected chi connectivity index (χ3v) is 12.9. The number of benzene rings is 5. The summed E-state index contributed by atoms with van der Waals surface area (Å²) in [5, 5.41) is 3.19. The molecule has 1 amide bonds. The molecule has 75 heavy (non-hydrogen) atoms. The van der Waals surface area contributed by atoms with Crippen molar-refractivity contribution in [2.75, 3.05) is 39.6 Å². The van der Waals surface area contributed by atoms with Crippen molar-refractivity contribution in [3.63, 3.8) is 0 Å². The van der Waals surface area contributed by atoms with Gasteiger partial charge >= 0.3 is 18.0 Å². The SMILES string of the molecule is C=CCOc1ccccc1C=O.CC(=O)C1CC2COc3ccccc3C2N1C(=O)OC(C)(C)C.CCOC(=O)C1CC2COc3ccccc3C2N1Cc1ccccc1.CCOC(=O)CCNCc1ccccc1. The van der Waals surface area contributed by atoms with Crippen LogP contribution in [0.5, 0.6) is 17.2 Å². The normalized spacial score (nSPS) is 19.7. The summed E-state index contributed by atoms with van der Waals surface area (Å²) in [6.07, 6.45) is 3.82. The maximum Gasteiger partial charge on any atom is 0.411 e. The monoisotopic (exact) mass is 1020 g/mol. The fraction of sp³-hybridized carbons (Fsp3) is 0.393. The molecule has 0 aliphatic carbocycles. The Balaban J connectivity index is 0.000000169. The summed E-state index contributed by atoms with van der Waals surface area (Å²) in [5.74, 6) is 2.48. The van der Waals surface area contributed by atoms with Gasteiger partial charge < -0.3 is 33.7 Å². The van der Waals surface area contributed by atoms with Crippen molar-refractivity contribution in [3.8, 4) is 17.2 Å². The lowest BCUT2D eigenvalue weighted by molar-refractivity contribution is -0.149. The molecule has 2 saturated heterocycles. The summed E-state index contributed by atoms with van der Waals surface area (Å²) >= 11 is 0. The number of carbonyl (C=O) groups is 5. The highest BCUT2D eigenvalue weighted by molar-refractivity contribution is 5.87. The van der Waals surface area contributed by atoms with Crippen molar-refractivity contribution < 1.29 is 52.4 Å². The van der Waals surface area contributed by atoms with Gasteiger partial charge in [0.25, 0.3) is 0 Å². The zero-order chi connectivity index (χ0) is 53.7. The fourth-order valence-electron chi connectivity index (χ4n) is 9.73. The van der Waals surface area contributed by atoms with Gasteiger partial charge in [-0.25, -0.2) is 4.79 Å². The van der Waals surface area contributed by atoms with Crippen molar-refractivity contribution >= 4 is 30.1 Å². The van der Waals surface area contributed by atoms with Crippen LogP contribution >= 0.6 is 0 Å². The fourth-order valence-corrected chi connectivity index (χ4v) is 9.73. The number of likely N-dealkylation sites (tertiary alicyclic amines) is 2. The second kappa shape index (κ2) is 28.4. The van der Waals surface area contributed by atoms with Crippen LogP contribution in [0.2, 0.25) is 0 Å². The number of aldehydes is 1. The molecule has 0 spiro atoms. The minimum Gasteiger partial charge on any atom is -0.493 e. The maximum absolute atomic E-state index is 12.8. The molecule has 0 saturated carbocycles. The first kappa shape index (κ1) is 57.0. The summed E-state index contributed by atoms with van der Waals surface area (Å²) < 4.78 is 32.7. The van der Waals surface area contributed by atoms with Crippen LogP contribution in [-0.2, 0) is 41.7 Å². The predicted molar refractivity (Wildman–Crippen MR) is 287 cm³/mol. The van der Waals surface area contributed by atoms with Crippen molar-refractivity contribution in [1.29, 1.82) is 0 Å². The molecule has 6 unspecified atom stereocenters. The van der Waals surface area contributed by atoms with E-state index >= 15 is 0 Å². The maximum atomic E-state index is 12.8. The Labute approximate surface area is 442 Å². The molecule has 398 valence electrons. The number of hydrogen-bond acceptors (Lipinski definition) is 13. The van der Waals surface area contributed by atoms with E-state index in [1.54, 1.807) is 29.2 Å². The van der Waals surface area contributed by atoms with Gasteiger partial charge in [-0.1, -0.05) is 122 Å². The molecule has 4 aliphatic rings. The van der Waals surface area contributed by atoms with Gasteiger partial charge in [0.2, 0.25) is 0 Å². The Morgan fingerprint density at radius 3 is 1.84 bits per heavy atom. The van der Waals surface area contributed by atoms with E-state index in [9.17, 15) is 24.0 Å². The van der Waals surface area contributed by atoms with E-state index < -0.39 is 17.7 Å².